The van der Waals surface area contributed by atoms with E-state index >= 15 is 4.39 Å². The lowest BCUT2D eigenvalue weighted by Gasteiger charge is -2.45. The van der Waals surface area contributed by atoms with Gasteiger partial charge in [0.2, 0.25) is 12.3 Å². The first-order valence-electron chi connectivity index (χ1n) is 14.3. The van der Waals surface area contributed by atoms with Crippen LogP contribution in [0.1, 0.15) is 94.6 Å². The highest BCUT2D eigenvalue weighted by atomic mass is 35.5. The Hall–Kier alpha value is -2.15. The van der Waals surface area contributed by atoms with Crippen LogP contribution in [0.2, 0.25) is 10.0 Å². The molecule has 0 aromatic heterocycles. The highest BCUT2D eigenvalue weighted by Crippen LogP contribution is 2.43. The summed E-state index contributed by atoms with van der Waals surface area (Å²) in [6, 6.07) is 10.0. The molecule has 212 valence electrons. The smallest absolute Gasteiger partial charge is 0.240 e. The van der Waals surface area contributed by atoms with Crippen LogP contribution in [-0.2, 0) is 15.1 Å². The Morgan fingerprint density at radius 1 is 1.10 bits per heavy atom. The van der Waals surface area contributed by atoms with Crippen molar-refractivity contribution < 1.29 is 14.0 Å². The fourth-order valence-electron chi connectivity index (χ4n) is 6.71. The standard InChI is InChI=1S/C31H40Cl2FN3O2/c1-3-23(24-13-10-14-26(33)28(24)34)29(30(39)37(2)22-11-6-4-7-12-22)36-31(17-8-5-9-18-31)25-16-15-21(32)19-27(25)35-20-38/h10,13-16,19-20,22-23,29,36H,3-9,11-12,17-18H2,1-2H3,(H,35,38)/t23-,29+/m0/s1. The van der Waals surface area contributed by atoms with Crippen LogP contribution >= 0.6 is 23.2 Å². The zero-order valence-electron chi connectivity index (χ0n) is 22.9. The fourth-order valence-corrected chi connectivity index (χ4v) is 7.06. The summed E-state index contributed by atoms with van der Waals surface area (Å²) < 4.78 is 15.5. The van der Waals surface area contributed by atoms with E-state index < -0.39 is 23.3 Å². The quantitative estimate of drug-likeness (QED) is 0.284. The summed E-state index contributed by atoms with van der Waals surface area (Å²) in [5, 5.41) is 7.23. The summed E-state index contributed by atoms with van der Waals surface area (Å²) in [5.74, 6) is -0.939. The first-order valence-corrected chi connectivity index (χ1v) is 15.1. The number of halogens is 3. The minimum absolute atomic E-state index is 0.0306. The molecule has 0 radical (unpaired) electrons. The largest absolute Gasteiger partial charge is 0.341 e. The third kappa shape index (κ3) is 6.61. The van der Waals surface area contributed by atoms with Gasteiger partial charge < -0.3 is 10.2 Å². The van der Waals surface area contributed by atoms with E-state index in [9.17, 15) is 9.59 Å². The highest BCUT2D eigenvalue weighted by molar-refractivity contribution is 6.31. The van der Waals surface area contributed by atoms with Crippen molar-refractivity contribution in [1.82, 2.24) is 10.2 Å². The van der Waals surface area contributed by atoms with Crippen molar-refractivity contribution in [2.24, 2.45) is 0 Å². The topological polar surface area (TPSA) is 61.4 Å². The Morgan fingerprint density at radius 3 is 2.46 bits per heavy atom. The number of amides is 2. The number of anilines is 1. The molecular weight excluding hydrogens is 536 g/mol. The van der Waals surface area contributed by atoms with Gasteiger partial charge >= 0.3 is 0 Å². The average molecular weight is 577 g/mol. The lowest BCUT2D eigenvalue weighted by Crippen LogP contribution is -2.58. The molecule has 0 spiro atoms. The van der Waals surface area contributed by atoms with Gasteiger partial charge in [0.1, 0.15) is 5.82 Å². The number of nitrogens with one attached hydrogen (secondary N) is 2. The molecule has 2 N–H and O–H groups in total. The zero-order chi connectivity index (χ0) is 28.0. The molecule has 0 saturated heterocycles. The average Bonchev–Trinajstić information content (AvgIpc) is 2.95. The summed E-state index contributed by atoms with van der Waals surface area (Å²) in [6.07, 6.45) is 11.2. The fraction of sp³-hybridized carbons (Fsp3) is 0.548. The van der Waals surface area contributed by atoms with E-state index in [1.807, 2.05) is 31.0 Å². The van der Waals surface area contributed by atoms with Crippen molar-refractivity contribution >= 4 is 41.2 Å². The summed E-state index contributed by atoms with van der Waals surface area (Å²) in [7, 11) is 1.89. The number of likely N-dealkylation sites (N-methyl/N-ethyl adjacent to an activating group) is 1. The van der Waals surface area contributed by atoms with Gasteiger partial charge in [-0.1, -0.05) is 86.8 Å². The molecule has 8 heteroatoms. The van der Waals surface area contributed by atoms with Crippen molar-refractivity contribution in [3.63, 3.8) is 0 Å². The number of carbonyl (C=O) groups is 2. The molecule has 0 bridgehead atoms. The van der Waals surface area contributed by atoms with Crippen LogP contribution in [0.3, 0.4) is 0 Å². The second kappa shape index (κ2) is 13.5. The van der Waals surface area contributed by atoms with Crippen LogP contribution in [0.5, 0.6) is 0 Å². The molecule has 0 aliphatic heterocycles. The number of hydrogen-bond donors (Lipinski definition) is 2. The molecule has 2 aliphatic carbocycles. The van der Waals surface area contributed by atoms with Gasteiger partial charge in [-0.3, -0.25) is 14.9 Å². The van der Waals surface area contributed by atoms with Crippen LogP contribution in [0, 0.1) is 5.82 Å². The number of rotatable bonds is 10. The van der Waals surface area contributed by atoms with E-state index in [0.717, 1.165) is 63.4 Å². The molecule has 0 heterocycles. The molecule has 2 aliphatic rings. The van der Waals surface area contributed by atoms with Crippen molar-refractivity contribution in [3.05, 3.63) is 63.4 Å². The van der Waals surface area contributed by atoms with Crippen molar-refractivity contribution in [2.75, 3.05) is 12.4 Å². The Labute approximate surface area is 241 Å². The number of hydrogen-bond acceptors (Lipinski definition) is 3. The van der Waals surface area contributed by atoms with E-state index in [1.165, 1.54) is 6.42 Å². The molecule has 2 amide bonds. The first-order chi connectivity index (χ1) is 18.8. The molecule has 39 heavy (non-hydrogen) atoms. The molecule has 2 saturated carbocycles. The van der Waals surface area contributed by atoms with Gasteiger partial charge in [-0.2, -0.15) is 0 Å². The molecular formula is C31H40Cl2FN3O2. The van der Waals surface area contributed by atoms with Crippen molar-refractivity contribution in [3.8, 4) is 0 Å². The van der Waals surface area contributed by atoms with Gasteiger partial charge in [0.15, 0.2) is 0 Å². The van der Waals surface area contributed by atoms with Crippen LogP contribution < -0.4 is 10.6 Å². The van der Waals surface area contributed by atoms with Gasteiger partial charge in [0, 0.05) is 35.3 Å². The summed E-state index contributed by atoms with van der Waals surface area (Å²) in [6.45, 7) is 1.99. The predicted octanol–water partition coefficient (Wildman–Crippen LogP) is 7.80. The van der Waals surface area contributed by atoms with Crippen molar-refractivity contribution in [2.45, 2.75) is 101 Å². The Morgan fingerprint density at radius 2 is 1.79 bits per heavy atom. The minimum Gasteiger partial charge on any atom is -0.341 e. The van der Waals surface area contributed by atoms with Crippen LogP contribution in [0.15, 0.2) is 36.4 Å². The highest BCUT2D eigenvalue weighted by Gasteiger charge is 2.43. The Bertz CT molecular complexity index is 1150. The van der Waals surface area contributed by atoms with E-state index in [4.69, 9.17) is 23.2 Å². The first kappa shape index (κ1) is 29.8. The predicted molar refractivity (Wildman–Crippen MR) is 157 cm³/mol. The van der Waals surface area contributed by atoms with Crippen LogP contribution in [0.4, 0.5) is 10.1 Å². The maximum absolute atomic E-state index is 15.5. The van der Waals surface area contributed by atoms with E-state index in [2.05, 4.69) is 10.6 Å². The summed E-state index contributed by atoms with van der Waals surface area (Å²) >= 11 is 12.5. The summed E-state index contributed by atoms with van der Waals surface area (Å²) in [5.41, 5.74) is 1.38. The number of benzene rings is 2. The van der Waals surface area contributed by atoms with Gasteiger partial charge in [0.05, 0.1) is 11.1 Å². The van der Waals surface area contributed by atoms with Gasteiger partial charge in [-0.25, -0.2) is 4.39 Å². The molecule has 2 aromatic carbocycles. The molecule has 2 atom stereocenters. The van der Waals surface area contributed by atoms with Crippen LogP contribution in [-0.4, -0.2) is 36.3 Å². The van der Waals surface area contributed by atoms with Gasteiger partial charge in [-0.15, -0.1) is 0 Å². The second-order valence-corrected chi connectivity index (χ2v) is 12.0. The lowest BCUT2D eigenvalue weighted by atomic mass is 9.74. The molecule has 2 aromatic rings. The second-order valence-electron chi connectivity index (χ2n) is 11.1. The SMILES string of the molecule is CC[C@@H](c1cccc(Cl)c1F)[C@@H](NC1(c2ccc(Cl)cc2NC=O)CCCCC1)C(=O)N(C)C1CCCCC1. The molecule has 5 nitrogen and oxygen atoms in total. The Balaban J connectivity index is 1.81. The monoisotopic (exact) mass is 575 g/mol. The number of carbonyl (C=O) groups excluding carboxylic acids is 2. The maximum Gasteiger partial charge on any atom is 0.240 e. The van der Waals surface area contributed by atoms with Gasteiger partial charge in [0.25, 0.3) is 0 Å². The van der Waals surface area contributed by atoms with Gasteiger partial charge in [-0.05, 0) is 61.4 Å². The van der Waals surface area contributed by atoms with E-state index in [0.29, 0.717) is 29.1 Å². The minimum atomic E-state index is -0.687. The Kier molecular flexibility index (Phi) is 10.3. The molecule has 4 rings (SSSR count). The maximum atomic E-state index is 15.5. The van der Waals surface area contributed by atoms with Crippen molar-refractivity contribution in [1.29, 1.82) is 0 Å². The normalized spacial score (nSPS) is 19.2. The van der Waals surface area contributed by atoms with E-state index in [-0.39, 0.29) is 17.0 Å². The molecule has 0 unspecified atom stereocenters. The third-order valence-corrected chi connectivity index (χ3v) is 9.34. The van der Waals surface area contributed by atoms with Crippen LogP contribution in [0.25, 0.3) is 0 Å². The zero-order valence-corrected chi connectivity index (χ0v) is 24.5. The van der Waals surface area contributed by atoms with E-state index in [1.54, 1.807) is 24.3 Å². The number of nitrogens with zero attached hydrogens (tertiary/aromatic N) is 1. The lowest BCUT2D eigenvalue weighted by molar-refractivity contribution is -0.136. The molecule has 2 fully saturated rings. The summed E-state index contributed by atoms with van der Waals surface area (Å²) in [4.78, 5) is 27.9. The third-order valence-electron chi connectivity index (χ3n) is 8.81.